The van der Waals surface area contributed by atoms with Gasteiger partial charge in [-0.2, -0.15) is 13.2 Å². The van der Waals surface area contributed by atoms with E-state index < -0.39 is 28.5 Å². The van der Waals surface area contributed by atoms with Crippen molar-refractivity contribution in [3.8, 4) is 11.4 Å². The Morgan fingerprint density at radius 2 is 1.94 bits per heavy atom. The predicted octanol–water partition coefficient (Wildman–Crippen LogP) is 6.48. The van der Waals surface area contributed by atoms with E-state index in [1.54, 1.807) is 27.0 Å². The van der Waals surface area contributed by atoms with E-state index in [1.165, 1.54) is 23.9 Å². The highest BCUT2D eigenvalue weighted by Crippen LogP contribution is 2.53. The maximum Gasteiger partial charge on any atom is 0.452 e. The molecule has 3 aromatic rings. The number of rotatable bonds is 5. The van der Waals surface area contributed by atoms with Crippen molar-refractivity contribution in [2.24, 2.45) is 0 Å². The molecule has 0 unspecified atom stereocenters. The highest BCUT2D eigenvalue weighted by Gasteiger charge is 2.43. The van der Waals surface area contributed by atoms with Crippen molar-refractivity contribution in [3.63, 3.8) is 0 Å². The summed E-state index contributed by atoms with van der Waals surface area (Å²) in [6.07, 6.45) is -5.31. The van der Waals surface area contributed by atoms with Gasteiger partial charge in [0, 0.05) is 5.02 Å². The number of alkyl halides is 3. The zero-order chi connectivity index (χ0) is 25.5. The molecule has 0 radical (unpaired) electrons. The van der Waals surface area contributed by atoms with Crippen molar-refractivity contribution in [1.82, 2.24) is 14.8 Å². The maximum absolute atomic E-state index is 14.0. The zero-order valence-electron chi connectivity index (χ0n) is 19.4. The monoisotopic (exact) mass is 525 g/mol. The summed E-state index contributed by atoms with van der Waals surface area (Å²) in [5, 5.41) is 6.50. The quantitative estimate of drug-likeness (QED) is 0.355. The van der Waals surface area contributed by atoms with Crippen LogP contribution in [0.25, 0.3) is 5.69 Å². The first-order valence-electron chi connectivity index (χ1n) is 10.8. The molecule has 4 rings (SSSR count). The second-order valence-corrected chi connectivity index (χ2v) is 10.1. The molecule has 0 saturated carbocycles. The van der Waals surface area contributed by atoms with Gasteiger partial charge < -0.3 is 9.47 Å². The number of esters is 1. The molecule has 0 aliphatic carbocycles. The first-order valence-corrected chi connectivity index (χ1v) is 12.1. The van der Waals surface area contributed by atoms with Crippen molar-refractivity contribution in [2.75, 3.05) is 7.11 Å². The number of ether oxygens (including phenoxy) is 2. The van der Waals surface area contributed by atoms with Crippen LogP contribution in [0, 0.1) is 6.92 Å². The smallest absolute Gasteiger partial charge is 0.452 e. The largest absolute Gasteiger partial charge is 0.496 e. The second-order valence-electron chi connectivity index (χ2n) is 8.34. The molecule has 35 heavy (non-hydrogen) atoms. The fourth-order valence-electron chi connectivity index (χ4n) is 4.14. The molecule has 2 atom stereocenters. The summed E-state index contributed by atoms with van der Waals surface area (Å²) in [7, 11) is 1.55. The summed E-state index contributed by atoms with van der Waals surface area (Å²) in [5.74, 6) is -1.04. The minimum absolute atomic E-state index is 0.0228. The Kier molecular flexibility index (Phi) is 7.06. The van der Waals surface area contributed by atoms with Crippen molar-refractivity contribution in [3.05, 3.63) is 69.8 Å². The molecule has 0 spiro atoms. The van der Waals surface area contributed by atoms with Crippen LogP contribution < -0.4 is 4.74 Å². The number of aromatic nitrogens is 3. The molecule has 0 saturated heterocycles. The number of halogens is 4. The molecule has 0 bridgehead atoms. The van der Waals surface area contributed by atoms with Crippen molar-refractivity contribution in [1.29, 1.82) is 0 Å². The van der Waals surface area contributed by atoms with Crippen LogP contribution in [0.2, 0.25) is 5.02 Å². The van der Waals surface area contributed by atoms with Crippen molar-refractivity contribution < 1.29 is 27.4 Å². The number of carbonyl (C=O) groups excluding carboxylic acids is 1. The van der Waals surface area contributed by atoms with E-state index in [9.17, 15) is 18.0 Å². The third-order valence-corrected chi connectivity index (χ3v) is 7.31. The Balaban J connectivity index is 1.97. The Bertz CT molecular complexity index is 1260. The van der Waals surface area contributed by atoms with Crippen LogP contribution in [-0.2, 0) is 15.7 Å². The lowest BCUT2D eigenvalue weighted by Crippen LogP contribution is -2.18. The highest BCUT2D eigenvalue weighted by molar-refractivity contribution is 8.00. The van der Waals surface area contributed by atoms with E-state index in [0.717, 1.165) is 15.7 Å². The average molecular weight is 526 g/mol. The van der Waals surface area contributed by atoms with E-state index >= 15 is 0 Å². The predicted molar refractivity (Wildman–Crippen MR) is 127 cm³/mol. The molecule has 0 amide bonds. The fourth-order valence-corrected chi connectivity index (χ4v) is 5.90. The third-order valence-electron chi connectivity index (χ3n) is 5.59. The molecule has 1 aliphatic rings. The molecule has 0 fully saturated rings. The lowest BCUT2D eigenvalue weighted by atomic mass is 9.97. The first-order chi connectivity index (χ1) is 16.5. The molecule has 2 aromatic carbocycles. The van der Waals surface area contributed by atoms with Crippen LogP contribution in [0.3, 0.4) is 0 Å². The van der Waals surface area contributed by atoms with Crippen LogP contribution in [0.5, 0.6) is 5.75 Å². The van der Waals surface area contributed by atoms with Gasteiger partial charge in [0.1, 0.15) is 5.75 Å². The van der Waals surface area contributed by atoms with E-state index in [1.807, 2.05) is 25.1 Å². The fraction of sp³-hybridized carbons (Fsp3) is 0.375. The molecule has 0 N–H and O–H groups in total. The molecule has 1 aromatic heterocycles. The van der Waals surface area contributed by atoms with Crippen LogP contribution in [0.4, 0.5) is 13.2 Å². The normalized spacial score (nSPS) is 17.5. The SMILES string of the molecule is COc1cccc([C@H]2S[C@H](CC(=O)OC(C)C)c3nnc(C(F)(F)F)n3-c3ccc(Cl)cc32)c1C. The topological polar surface area (TPSA) is 66.2 Å². The zero-order valence-corrected chi connectivity index (χ0v) is 21.0. The summed E-state index contributed by atoms with van der Waals surface area (Å²) in [6.45, 7) is 5.30. The molecule has 6 nitrogen and oxygen atoms in total. The summed E-state index contributed by atoms with van der Waals surface area (Å²) in [6, 6.07) is 10.2. The summed E-state index contributed by atoms with van der Waals surface area (Å²) in [4.78, 5) is 12.6. The van der Waals surface area contributed by atoms with Gasteiger partial charge in [0.15, 0.2) is 5.82 Å². The number of fused-ring (bicyclic) bond motifs is 3. The number of methoxy groups -OCH3 is 1. The number of benzene rings is 2. The van der Waals surface area contributed by atoms with Gasteiger partial charge in [-0.15, -0.1) is 22.0 Å². The van der Waals surface area contributed by atoms with E-state index in [4.69, 9.17) is 21.1 Å². The Morgan fingerprint density at radius 3 is 2.60 bits per heavy atom. The first kappa shape index (κ1) is 25.4. The maximum atomic E-state index is 14.0. The second kappa shape index (κ2) is 9.73. The summed E-state index contributed by atoms with van der Waals surface area (Å²) < 4.78 is 53.8. The van der Waals surface area contributed by atoms with E-state index in [2.05, 4.69) is 10.2 Å². The molecular formula is C24H23ClF3N3O3S. The Morgan fingerprint density at radius 1 is 1.20 bits per heavy atom. The average Bonchev–Trinajstić information content (AvgIpc) is 3.17. The lowest BCUT2D eigenvalue weighted by molar-refractivity contribution is -0.147. The van der Waals surface area contributed by atoms with E-state index in [-0.39, 0.29) is 24.0 Å². The van der Waals surface area contributed by atoms with Gasteiger partial charge in [-0.05, 0) is 61.7 Å². The minimum atomic E-state index is -4.76. The highest BCUT2D eigenvalue weighted by atomic mass is 35.5. The van der Waals surface area contributed by atoms with Gasteiger partial charge in [-0.25, -0.2) is 0 Å². The Labute approximate surface area is 209 Å². The van der Waals surface area contributed by atoms with Crippen LogP contribution in [-0.4, -0.2) is 33.9 Å². The molecule has 11 heteroatoms. The van der Waals surface area contributed by atoms with Crippen LogP contribution >= 0.6 is 23.4 Å². The van der Waals surface area contributed by atoms with Crippen LogP contribution in [0.15, 0.2) is 36.4 Å². The number of hydrogen-bond acceptors (Lipinski definition) is 6. The van der Waals surface area contributed by atoms with Gasteiger partial charge in [0.25, 0.3) is 0 Å². The van der Waals surface area contributed by atoms with Gasteiger partial charge in [0.05, 0.1) is 35.8 Å². The standard InChI is InChI=1S/C24H23ClF3N3O3S/c1-12(2)34-20(32)11-19-22-29-30-23(24(26,27)28)31(22)17-9-8-14(25)10-16(17)21(35-19)15-6-5-7-18(33-4)13(15)3/h5-10,12,19,21H,11H2,1-4H3/t19-,21-/m1/s1. The number of thioether (sulfide) groups is 1. The van der Waals surface area contributed by atoms with Crippen LogP contribution in [0.1, 0.15) is 59.1 Å². The molecule has 1 aliphatic heterocycles. The lowest BCUT2D eigenvalue weighted by Gasteiger charge is -2.23. The van der Waals surface area contributed by atoms with Gasteiger partial charge in [-0.1, -0.05) is 23.7 Å². The molecule has 186 valence electrons. The minimum Gasteiger partial charge on any atom is -0.496 e. The van der Waals surface area contributed by atoms with Gasteiger partial charge in [0.2, 0.25) is 5.82 Å². The van der Waals surface area contributed by atoms with Crippen molar-refractivity contribution >= 4 is 29.3 Å². The summed E-state index contributed by atoms with van der Waals surface area (Å²) in [5.41, 5.74) is 2.45. The van der Waals surface area contributed by atoms with E-state index in [0.29, 0.717) is 16.3 Å². The van der Waals surface area contributed by atoms with Crippen molar-refractivity contribution in [2.45, 2.75) is 50.0 Å². The number of carbonyl (C=O) groups is 1. The number of hydrogen-bond donors (Lipinski definition) is 0. The Hall–Kier alpha value is -2.72. The molecular weight excluding hydrogens is 503 g/mol. The molecule has 2 heterocycles. The summed E-state index contributed by atoms with van der Waals surface area (Å²) >= 11 is 7.63. The number of nitrogens with zero attached hydrogens (tertiary/aromatic N) is 3. The third kappa shape index (κ3) is 4.99. The van der Waals surface area contributed by atoms with Gasteiger partial charge in [-0.3, -0.25) is 9.36 Å². The van der Waals surface area contributed by atoms with Gasteiger partial charge >= 0.3 is 12.1 Å².